The second-order valence-corrected chi connectivity index (χ2v) is 11.2. The molecule has 1 aliphatic carbocycles. The molecule has 1 aliphatic rings. The molecule has 1 fully saturated rings. The normalized spacial score (nSPS) is 17.8. The van der Waals surface area contributed by atoms with Gasteiger partial charge >= 0.3 is 6.09 Å². The maximum Gasteiger partial charge on any atom is 0.408 e. The van der Waals surface area contributed by atoms with Gasteiger partial charge in [-0.1, -0.05) is 68.1 Å². The summed E-state index contributed by atoms with van der Waals surface area (Å²) >= 11 is 0. The minimum atomic E-state index is -1.29. The van der Waals surface area contributed by atoms with Gasteiger partial charge < -0.3 is 25.4 Å². The number of ether oxygens (including phenoxy) is 1. The summed E-state index contributed by atoms with van der Waals surface area (Å²) < 4.78 is 5.31. The van der Waals surface area contributed by atoms with Gasteiger partial charge in [0.15, 0.2) is 0 Å². The van der Waals surface area contributed by atoms with E-state index in [9.17, 15) is 19.5 Å². The third-order valence-corrected chi connectivity index (χ3v) is 6.86. The number of fused-ring (bicyclic) bond motifs is 1. The molecule has 0 bridgehead atoms. The summed E-state index contributed by atoms with van der Waals surface area (Å²) in [6, 6.07) is 18.2. The minimum absolute atomic E-state index is 0.142. The largest absolute Gasteiger partial charge is 0.444 e. The predicted octanol–water partition coefficient (Wildman–Crippen LogP) is 5.29. The van der Waals surface area contributed by atoms with Crippen molar-refractivity contribution in [2.24, 2.45) is 5.92 Å². The van der Waals surface area contributed by atoms with Crippen molar-refractivity contribution in [3.05, 3.63) is 84.4 Å². The molecule has 8 nitrogen and oxygen atoms in total. The second kappa shape index (κ2) is 11.9. The Morgan fingerprint density at radius 2 is 1.77 bits per heavy atom. The molecule has 210 valence electrons. The van der Waals surface area contributed by atoms with E-state index >= 15 is 0 Å². The average Bonchev–Trinajstić information content (AvgIpc) is 3.64. The third-order valence-electron chi connectivity index (χ3n) is 6.86. The second-order valence-electron chi connectivity index (χ2n) is 11.2. The molecule has 0 aromatic heterocycles. The van der Waals surface area contributed by atoms with Gasteiger partial charge in [0.2, 0.25) is 5.91 Å². The van der Waals surface area contributed by atoms with Gasteiger partial charge in [0.05, 0.1) is 6.61 Å². The van der Waals surface area contributed by atoms with E-state index in [4.69, 9.17) is 4.74 Å². The van der Waals surface area contributed by atoms with Crippen LogP contribution >= 0.6 is 0 Å². The van der Waals surface area contributed by atoms with E-state index < -0.39 is 42.2 Å². The van der Waals surface area contributed by atoms with Crippen LogP contribution in [-0.2, 0) is 14.3 Å². The van der Waals surface area contributed by atoms with Crippen LogP contribution in [-0.4, -0.2) is 52.2 Å². The molecule has 8 heteroatoms. The van der Waals surface area contributed by atoms with E-state index in [1.807, 2.05) is 67.6 Å². The maximum absolute atomic E-state index is 14.0. The van der Waals surface area contributed by atoms with Crippen LogP contribution in [0, 0.1) is 5.92 Å². The zero-order valence-corrected chi connectivity index (χ0v) is 23.4. The lowest BCUT2D eigenvalue weighted by molar-refractivity contribution is -0.142. The number of anilines is 1. The van der Waals surface area contributed by atoms with Gasteiger partial charge in [-0.2, -0.15) is 0 Å². The van der Waals surface area contributed by atoms with Crippen LogP contribution in [0.25, 0.3) is 16.8 Å². The Kier molecular flexibility index (Phi) is 8.59. The molecule has 40 heavy (non-hydrogen) atoms. The van der Waals surface area contributed by atoms with Gasteiger partial charge in [0.25, 0.3) is 5.91 Å². The lowest BCUT2D eigenvalue weighted by Gasteiger charge is -2.34. The first-order valence-corrected chi connectivity index (χ1v) is 13.5. The number of aliphatic hydroxyl groups excluding tert-OH is 1. The van der Waals surface area contributed by atoms with Crippen LogP contribution < -0.4 is 10.6 Å². The van der Waals surface area contributed by atoms with Gasteiger partial charge in [-0.25, -0.2) is 4.79 Å². The van der Waals surface area contributed by atoms with Gasteiger partial charge in [-0.3, -0.25) is 9.59 Å². The van der Waals surface area contributed by atoms with E-state index in [0.29, 0.717) is 17.7 Å². The first kappa shape index (κ1) is 28.8. The number of carbonyl (C=O) groups excluding carboxylic acids is 3. The average molecular weight is 544 g/mol. The number of benzene rings is 3. The molecule has 4 atom stereocenters. The highest BCUT2D eigenvalue weighted by atomic mass is 16.6. The van der Waals surface area contributed by atoms with Gasteiger partial charge in [0, 0.05) is 11.7 Å². The summed E-state index contributed by atoms with van der Waals surface area (Å²) in [6.45, 7) is 10.3. The van der Waals surface area contributed by atoms with E-state index in [0.717, 1.165) is 16.3 Å². The van der Waals surface area contributed by atoms with E-state index in [-0.39, 0.29) is 12.0 Å². The summed E-state index contributed by atoms with van der Waals surface area (Å²) in [6.07, 6.45) is 1.54. The summed E-state index contributed by atoms with van der Waals surface area (Å²) in [4.78, 5) is 42.1. The molecular weight excluding hydrogens is 506 g/mol. The molecule has 3 aromatic rings. The first-order valence-electron chi connectivity index (χ1n) is 13.5. The molecular formula is C32H37N3O5. The Balaban J connectivity index is 1.71. The number of alkyl carbamates (subject to hydrolysis) is 1. The lowest BCUT2D eigenvalue weighted by atomic mass is 9.99. The summed E-state index contributed by atoms with van der Waals surface area (Å²) in [5, 5.41) is 17.6. The molecule has 4 unspecified atom stereocenters. The van der Waals surface area contributed by atoms with Crippen molar-refractivity contribution in [1.82, 2.24) is 10.2 Å². The molecule has 0 radical (unpaired) electrons. The molecule has 3 N–H and O–H groups in total. The standard InChI is InChI=1S/C32H37N3O5/c1-6-21-10-9-13-24(17-21)28(29(37)33-25-15-14-22-11-7-8-12-23(22)18-25)35(27-16-20(27)2)30(38)26(19-36)34-31(39)40-32(3,4)5/h6-15,17-18,20,26-28,36H,1,16,19H2,2-5H3,(H,33,37)(H,34,39). The van der Waals surface area contributed by atoms with Crippen LogP contribution in [0.5, 0.6) is 0 Å². The molecule has 3 amide bonds. The van der Waals surface area contributed by atoms with Crippen molar-refractivity contribution in [1.29, 1.82) is 0 Å². The minimum Gasteiger partial charge on any atom is -0.444 e. The smallest absolute Gasteiger partial charge is 0.408 e. The van der Waals surface area contributed by atoms with Gasteiger partial charge in [-0.15, -0.1) is 0 Å². The first-order chi connectivity index (χ1) is 19.0. The number of aliphatic hydroxyl groups is 1. The molecule has 4 rings (SSSR count). The third kappa shape index (κ3) is 6.87. The quantitative estimate of drug-likeness (QED) is 0.340. The summed E-state index contributed by atoms with van der Waals surface area (Å²) in [5.41, 5.74) is 1.20. The van der Waals surface area contributed by atoms with E-state index in [1.54, 1.807) is 32.9 Å². The van der Waals surface area contributed by atoms with Crippen LogP contribution in [0.1, 0.15) is 51.3 Å². The fraction of sp³-hybridized carbons (Fsp3) is 0.344. The molecule has 0 saturated heterocycles. The number of hydrogen-bond donors (Lipinski definition) is 3. The Morgan fingerprint density at radius 1 is 1.07 bits per heavy atom. The van der Waals surface area contributed by atoms with Crippen molar-refractivity contribution in [3.8, 4) is 0 Å². The number of rotatable bonds is 9. The molecule has 0 heterocycles. The Bertz CT molecular complexity index is 1410. The van der Waals surface area contributed by atoms with Crippen LogP contribution in [0.15, 0.2) is 73.3 Å². The summed E-state index contributed by atoms with van der Waals surface area (Å²) in [7, 11) is 0. The van der Waals surface area contributed by atoms with Crippen molar-refractivity contribution in [2.45, 2.75) is 57.8 Å². The number of amides is 3. The van der Waals surface area contributed by atoms with Crippen LogP contribution in [0.2, 0.25) is 0 Å². The maximum atomic E-state index is 14.0. The molecule has 3 aromatic carbocycles. The van der Waals surface area contributed by atoms with E-state index in [2.05, 4.69) is 17.2 Å². The van der Waals surface area contributed by atoms with Crippen LogP contribution in [0.3, 0.4) is 0 Å². The highest BCUT2D eigenvalue weighted by Gasteiger charge is 2.48. The topological polar surface area (TPSA) is 108 Å². The zero-order valence-electron chi connectivity index (χ0n) is 23.4. The molecule has 0 spiro atoms. The van der Waals surface area contributed by atoms with Gasteiger partial charge in [-0.05, 0) is 73.2 Å². The fourth-order valence-corrected chi connectivity index (χ4v) is 4.76. The SMILES string of the molecule is C=Cc1cccc(C(C(=O)Nc2ccc3ccccc3c2)N(C(=O)C(CO)NC(=O)OC(C)(C)C)C2CC2C)c1. The highest BCUT2D eigenvalue weighted by molar-refractivity contribution is 6.00. The number of hydrogen-bond acceptors (Lipinski definition) is 5. The van der Waals surface area contributed by atoms with Crippen molar-refractivity contribution < 1.29 is 24.2 Å². The number of carbonyl (C=O) groups is 3. The summed E-state index contributed by atoms with van der Waals surface area (Å²) in [5.74, 6) is -0.827. The highest BCUT2D eigenvalue weighted by Crippen LogP contribution is 2.41. The van der Waals surface area contributed by atoms with Crippen LogP contribution in [0.4, 0.5) is 10.5 Å². The Labute approximate surface area is 235 Å². The van der Waals surface area contributed by atoms with Gasteiger partial charge in [0.1, 0.15) is 17.7 Å². The monoisotopic (exact) mass is 543 g/mol. The number of nitrogens with zero attached hydrogens (tertiary/aromatic N) is 1. The number of nitrogens with one attached hydrogen (secondary N) is 2. The van der Waals surface area contributed by atoms with Crippen molar-refractivity contribution >= 4 is 40.4 Å². The van der Waals surface area contributed by atoms with Crippen molar-refractivity contribution in [3.63, 3.8) is 0 Å². The molecule has 1 saturated carbocycles. The molecule has 0 aliphatic heterocycles. The fourth-order valence-electron chi connectivity index (χ4n) is 4.76. The Hall–Kier alpha value is -4.17. The Morgan fingerprint density at radius 3 is 2.40 bits per heavy atom. The zero-order chi connectivity index (χ0) is 29.0. The lowest BCUT2D eigenvalue weighted by Crippen LogP contribution is -2.54. The van der Waals surface area contributed by atoms with Crippen molar-refractivity contribution in [2.75, 3.05) is 11.9 Å². The van der Waals surface area contributed by atoms with E-state index in [1.165, 1.54) is 4.90 Å². The predicted molar refractivity (Wildman–Crippen MR) is 157 cm³/mol.